The lowest BCUT2D eigenvalue weighted by Gasteiger charge is -2.25. The molecule has 1 amide bonds. The molecule has 0 bridgehead atoms. The molecule has 1 aromatic carbocycles. The van der Waals surface area contributed by atoms with Gasteiger partial charge in [-0.3, -0.25) is 9.59 Å². The number of carbonyl (C=O) groups is 2. The van der Waals surface area contributed by atoms with Gasteiger partial charge in [0.05, 0.1) is 79.3 Å². The number of aryl methyl sites for hydroxylation is 1. The van der Waals surface area contributed by atoms with Crippen LogP contribution in [0.1, 0.15) is 24.6 Å². The van der Waals surface area contributed by atoms with Crippen LogP contribution in [0.3, 0.4) is 0 Å². The van der Waals surface area contributed by atoms with Crippen LogP contribution in [-0.2, 0) is 39.8 Å². The molecule has 3 aromatic rings. The monoisotopic (exact) mass is 731 g/mol. The Hall–Kier alpha value is -3.70. The number of ether oxygens (including phenoxy) is 6. The van der Waals surface area contributed by atoms with E-state index in [2.05, 4.69) is 52.7 Å². The molecule has 2 N–H and O–H groups in total. The molecule has 0 spiro atoms. The van der Waals surface area contributed by atoms with E-state index in [1.165, 1.54) is 39.8 Å². The smallest absolute Gasteiger partial charge is 0.307 e. The molecule has 292 valence electrons. The number of methoxy groups -OCH3 is 1. The van der Waals surface area contributed by atoms with Gasteiger partial charge in [0.15, 0.2) is 5.65 Å². The Bertz CT molecular complexity index is 1350. The average molecular weight is 732 g/mol. The van der Waals surface area contributed by atoms with Gasteiger partial charge in [0.1, 0.15) is 17.9 Å². The highest BCUT2D eigenvalue weighted by Crippen LogP contribution is 2.21. The van der Waals surface area contributed by atoms with Gasteiger partial charge in [-0.2, -0.15) is 0 Å². The molecule has 1 aliphatic rings. The summed E-state index contributed by atoms with van der Waals surface area (Å²) in [6, 6.07) is 12.1. The Morgan fingerprint density at radius 2 is 1.58 bits per heavy atom. The maximum absolute atomic E-state index is 10.8. The zero-order chi connectivity index (χ0) is 37.7. The van der Waals surface area contributed by atoms with Crippen molar-refractivity contribution in [3.63, 3.8) is 0 Å². The summed E-state index contributed by atoms with van der Waals surface area (Å²) in [6.07, 6.45) is 2.73. The van der Waals surface area contributed by atoms with E-state index in [0.717, 1.165) is 34.7 Å². The Labute approximate surface area is 309 Å². The van der Waals surface area contributed by atoms with Crippen molar-refractivity contribution in [3.8, 4) is 5.75 Å². The fourth-order valence-electron chi connectivity index (χ4n) is 4.68. The zero-order valence-corrected chi connectivity index (χ0v) is 31.8. The molecule has 1 fully saturated rings. The first-order valence-corrected chi connectivity index (χ1v) is 18.0. The molecule has 1 aliphatic heterocycles. The first-order valence-electron chi connectivity index (χ1n) is 18.0. The number of nitrogens with one attached hydrogen (secondary N) is 2. The normalized spacial score (nSPS) is 12.8. The maximum atomic E-state index is 10.8. The molecular formula is C37H61N7O8. The van der Waals surface area contributed by atoms with Crippen LogP contribution < -0.4 is 15.4 Å². The Kier molecular flexibility index (Phi) is 24.7. The molecule has 3 heterocycles. The van der Waals surface area contributed by atoms with Crippen molar-refractivity contribution in [2.45, 2.75) is 26.8 Å². The highest BCUT2D eigenvalue weighted by molar-refractivity contribution is 5.71. The van der Waals surface area contributed by atoms with Gasteiger partial charge in [-0.1, -0.05) is 25.1 Å². The number of esters is 1. The van der Waals surface area contributed by atoms with Gasteiger partial charge >= 0.3 is 5.97 Å². The number of piperazine rings is 1. The van der Waals surface area contributed by atoms with Crippen molar-refractivity contribution < 1.29 is 38.0 Å². The van der Waals surface area contributed by atoms with E-state index in [1.54, 1.807) is 0 Å². The molecule has 0 aliphatic carbocycles. The van der Waals surface area contributed by atoms with Gasteiger partial charge in [0, 0.05) is 50.5 Å². The summed E-state index contributed by atoms with van der Waals surface area (Å²) in [7, 11) is 5.43. The van der Waals surface area contributed by atoms with Crippen LogP contribution in [0.5, 0.6) is 5.75 Å². The molecule has 0 saturated carbocycles. The Morgan fingerprint density at radius 3 is 2.19 bits per heavy atom. The van der Waals surface area contributed by atoms with Gasteiger partial charge in [0.25, 0.3) is 0 Å². The number of aromatic nitrogens is 3. The highest BCUT2D eigenvalue weighted by Gasteiger charge is 2.09. The van der Waals surface area contributed by atoms with Crippen LogP contribution in [0.4, 0.5) is 0 Å². The van der Waals surface area contributed by atoms with Gasteiger partial charge < -0.3 is 53.4 Å². The Morgan fingerprint density at radius 1 is 0.923 bits per heavy atom. The quantitative estimate of drug-likeness (QED) is 0.0833. The van der Waals surface area contributed by atoms with Crippen molar-refractivity contribution in [1.82, 2.24) is 35.0 Å². The summed E-state index contributed by atoms with van der Waals surface area (Å²) in [5.41, 5.74) is 3.96. The molecule has 2 aromatic heterocycles. The minimum absolute atomic E-state index is 0.252. The standard InChI is InChI=1S/C18H22N4O.C13H25NO7.C6H14N2/c1-14-8-9-16-18(20-14)22(13-19-16)12-15-6-4-5-7-17(15)23-11-10-21(2)3;1-17-13(16)2-4-18-6-8-20-10-11-21-9-7-19-5-3-14-12-15;1-2-8-5-3-7-4-6-8/h4-9,13H,10-12H2,1-3H3;12H,2-11H2,1H3,(H,14,15);7H,2-6H2,1H3. The van der Waals surface area contributed by atoms with Crippen LogP contribution in [0.25, 0.3) is 11.2 Å². The number of imidazole rings is 1. The summed E-state index contributed by atoms with van der Waals surface area (Å²) in [4.78, 5) is 34.3. The lowest BCUT2D eigenvalue weighted by atomic mass is 10.2. The van der Waals surface area contributed by atoms with E-state index >= 15 is 0 Å². The van der Waals surface area contributed by atoms with E-state index in [-0.39, 0.29) is 12.4 Å². The second-order valence-electron chi connectivity index (χ2n) is 12.0. The third kappa shape index (κ3) is 20.4. The molecule has 52 heavy (non-hydrogen) atoms. The van der Waals surface area contributed by atoms with E-state index in [4.69, 9.17) is 23.7 Å². The minimum Gasteiger partial charge on any atom is -0.492 e. The largest absolute Gasteiger partial charge is 0.492 e. The number of hydrogen-bond donors (Lipinski definition) is 2. The number of fused-ring (bicyclic) bond motifs is 1. The average Bonchev–Trinajstić information content (AvgIpc) is 3.55. The minimum atomic E-state index is -0.284. The topological polar surface area (TPSA) is 151 Å². The third-order valence-corrected chi connectivity index (χ3v) is 7.64. The first kappa shape index (κ1) is 44.5. The third-order valence-electron chi connectivity index (χ3n) is 7.64. The van der Waals surface area contributed by atoms with Crippen molar-refractivity contribution in [2.24, 2.45) is 0 Å². The number of nitrogens with zero attached hydrogens (tertiary/aromatic N) is 5. The second kappa shape index (κ2) is 28.8. The van der Waals surface area contributed by atoms with E-state index in [9.17, 15) is 9.59 Å². The Balaban J connectivity index is 0.000000298. The number of carbonyl (C=O) groups excluding carboxylic acids is 2. The molecule has 0 atom stereocenters. The van der Waals surface area contributed by atoms with Crippen LogP contribution in [0.2, 0.25) is 0 Å². The zero-order valence-electron chi connectivity index (χ0n) is 31.8. The van der Waals surface area contributed by atoms with Gasteiger partial charge in [0.2, 0.25) is 6.41 Å². The molecule has 15 nitrogen and oxygen atoms in total. The van der Waals surface area contributed by atoms with E-state index in [1.807, 2.05) is 57.7 Å². The predicted molar refractivity (Wildman–Crippen MR) is 201 cm³/mol. The van der Waals surface area contributed by atoms with Gasteiger partial charge in [-0.05, 0) is 45.8 Å². The molecule has 15 heteroatoms. The van der Waals surface area contributed by atoms with Gasteiger partial charge in [-0.25, -0.2) is 9.97 Å². The van der Waals surface area contributed by atoms with Crippen molar-refractivity contribution in [3.05, 3.63) is 54.0 Å². The van der Waals surface area contributed by atoms with Crippen LogP contribution >= 0.6 is 0 Å². The molecule has 0 unspecified atom stereocenters. The van der Waals surface area contributed by atoms with Crippen LogP contribution in [-0.4, -0.2) is 163 Å². The predicted octanol–water partition coefficient (Wildman–Crippen LogP) is 2.00. The maximum Gasteiger partial charge on any atom is 0.307 e. The molecule has 1 saturated heterocycles. The molecule has 0 radical (unpaired) electrons. The van der Waals surface area contributed by atoms with Crippen molar-refractivity contribution in [2.75, 3.05) is 126 Å². The van der Waals surface area contributed by atoms with Crippen molar-refractivity contribution >= 4 is 23.5 Å². The number of rotatable bonds is 23. The summed E-state index contributed by atoms with van der Waals surface area (Å²) in [5, 5.41) is 5.80. The fraction of sp³-hybridized carbons (Fsp3) is 0.622. The number of hydrogen-bond acceptors (Lipinski definition) is 13. The van der Waals surface area contributed by atoms with Crippen LogP contribution in [0, 0.1) is 6.92 Å². The first-order chi connectivity index (χ1) is 25.4. The number of amides is 1. The SMILES string of the molecule is CCN1CCNCC1.COC(=O)CCOCCOCCOCCOCCNC=O.Cc1ccc2ncn(Cc3ccccc3OCCN(C)C)c2n1. The summed E-state index contributed by atoms with van der Waals surface area (Å²) in [5.74, 6) is 0.636. The van der Waals surface area contributed by atoms with E-state index in [0.29, 0.717) is 79.0 Å². The summed E-state index contributed by atoms with van der Waals surface area (Å²) < 4.78 is 33.4. The number of pyridine rings is 1. The van der Waals surface area contributed by atoms with Crippen molar-refractivity contribution in [1.29, 1.82) is 0 Å². The number of para-hydroxylation sites is 1. The van der Waals surface area contributed by atoms with Crippen LogP contribution in [0.15, 0.2) is 42.7 Å². The lowest BCUT2D eigenvalue weighted by molar-refractivity contribution is -0.142. The second-order valence-corrected chi connectivity index (χ2v) is 12.0. The summed E-state index contributed by atoms with van der Waals surface area (Å²) >= 11 is 0. The lowest BCUT2D eigenvalue weighted by Crippen LogP contribution is -2.43. The molecule has 4 rings (SSSR count). The van der Waals surface area contributed by atoms with Gasteiger partial charge in [-0.15, -0.1) is 0 Å². The fourth-order valence-corrected chi connectivity index (χ4v) is 4.68. The van der Waals surface area contributed by atoms with E-state index < -0.39 is 0 Å². The number of benzene rings is 1. The number of likely N-dealkylation sites (N-methyl/N-ethyl adjacent to an activating group) is 2. The summed E-state index contributed by atoms with van der Waals surface area (Å²) in [6.45, 7) is 16.6. The molecular weight excluding hydrogens is 670 g/mol. The highest BCUT2D eigenvalue weighted by atomic mass is 16.6.